The number of H-pyrrole nitrogens is 1. The molecule has 0 aromatic carbocycles. The van der Waals surface area contributed by atoms with Crippen molar-refractivity contribution in [3.8, 4) is 11.3 Å². The van der Waals surface area contributed by atoms with Gasteiger partial charge in [0, 0.05) is 22.5 Å². The van der Waals surface area contributed by atoms with Gasteiger partial charge in [0.25, 0.3) is 5.91 Å². The number of aryl methyl sites for hydroxylation is 1. The summed E-state index contributed by atoms with van der Waals surface area (Å²) in [6.07, 6.45) is 1.87. The van der Waals surface area contributed by atoms with Crippen LogP contribution in [0.25, 0.3) is 11.3 Å². The van der Waals surface area contributed by atoms with Crippen LogP contribution in [0.4, 0.5) is 5.13 Å². The van der Waals surface area contributed by atoms with Crippen molar-refractivity contribution in [1.29, 1.82) is 0 Å². The number of thiazole rings is 2. The van der Waals surface area contributed by atoms with Crippen LogP contribution in [0, 0.1) is 6.92 Å². The summed E-state index contributed by atoms with van der Waals surface area (Å²) >= 11 is 2.83. The number of nitrogens with one attached hydrogen (secondary N) is 2. The second-order valence-electron chi connectivity index (χ2n) is 4.79. The normalized spacial score (nSPS) is 10.7. The third-order valence-electron chi connectivity index (χ3n) is 3.00. The first-order valence-electron chi connectivity index (χ1n) is 6.66. The first-order chi connectivity index (χ1) is 11.0. The molecular formula is C14H13N5O2S2. The van der Waals surface area contributed by atoms with Crippen LogP contribution in [-0.4, -0.2) is 26.8 Å². The molecule has 0 aliphatic carbocycles. The molecule has 0 aliphatic rings. The smallest absolute Gasteiger partial charge is 0.265 e. The number of aromatic nitrogens is 3. The minimum atomic E-state index is -0.529. The predicted octanol–water partition coefficient (Wildman–Crippen LogP) is 2.18. The fourth-order valence-electron chi connectivity index (χ4n) is 1.97. The zero-order chi connectivity index (χ0) is 16.4. The van der Waals surface area contributed by atoms with Crippen LogP contribution in [0.15, 0.2) is 23.0 Å². The van der Waals surface area contributed by atoms with E-state index in [1.807, 2.05) is 12.3 Å². The van der Waals surface area contributed by atoms with E-state index in [4.69, 9.17) is 5.73 Å². The van der Waals surface area contributed by atoms with E-state index in [0.717, 1.165) is 16.3 Å². The summed E-state index contributed by atoms with van der Waals surface area (Å²) in [4.78, 5) is 34.4. The van der Waals surface area contributed by atoms with Crippen molar-refractivity contribution in [2.45, 2.75) is 13.3 Å². The fourth-order valence-corrected chi connectivity index (χ4v) is 3.31. The van der Waals surface area contributed by atoms with Gasteiger partial charge >= 0.3 is 0 Å². The molecule has 3 rings (SSSR count). The Balaban J connectivity index is 1.66. The quantitative estimate of drug-likeness (QED) is 0.656. The van der Waals surface area contributed by atoms with E-state index in [2.05, 4.69) is 20.3 Å². The highest BCUT2D eigenvalue weighted by molar-refractivity contribution is 7.14. The van der Waals surface area contributed by atoms with E-state index < -0.39 is 5.91 Å². The predicted molar refractivity (Wildman–Crippen MR) is 89.6 cm³/mol. The molecule has 4 N–H and O–H groups in total. The number of carbonyl (C=O) groups excluding carboxylic acids is 2. The Bertz CT molecular complexity index is 864. The Labute approximate surface area is 139 Å². The van der Waals surface area contributed by atoms with Crippen LogP contribution in [-0.2, 0) is 11.2 Å². The van der Waals surface area contributed by atoms with Crippen molar-refractivity contribution < 1.29 is 9.59 Å². The average Bonchev–Trinajstić information content (AvgIpc) is 3.19. The van der Waals surface area contributed by atoms with Gasteiger partial charge in [-0.1, -0.05) is 0 Å². The Kier molecular flexibility index (Phi) is 4.22. The second kappa shape index (κ2) is 6.31. The SMILES string of the molecule is Cc1nc(CC(=O)Nc2nc(-c3c[nH]c(C(N)=O)c3)cs2)cs1. The van der Waals surface area contributed by atoms with Crippen LogP contribution in [0.1, 0.15) is 21.2 Å². The van der Waals surface area contributed by atoms with Gasteiger partial charge in [-0.2, -0.15) is 0 Å². The third kappa shape index (κ3) is 3.63. The lowest BCUT2D eigenvalue weighted by molar-refractivity contribution is -0.115. The van der Waals surface area contributed by atoms with Gasteiger partial charge in [-0.15, -0.1) is 22.7 Å². The highest BCUT2D eigenvalue weighted by atomic mass is 32.1. The lowest BCUT2D eigenvalue weighted by atomic mass is 10.2. The van der Waals surface area contributed by atoms with Gasteiger partial charge < -0.3 is 16.0 Å². The highest BCUT2D eigenvalue weighted by Crippen LogP contribution is 2.25. The number of aromatic amines is 1. The molecule has 3 aromatic rings. The number of nitrogens with two attached hydrogens (primary N) is 1. The number of hydrogen-bond donors (Lipinski definition) is 3. The lowest BCUT2D eigenvalue weighted by Gasteiger charge is -1.98. The van der Waals surface area contributed by atoms with Gasteiger partial charge in [0.1, 0.15) is 5.69 Å². The highest BCUT2D eigenvalue weighted by Gasteiger charge is 2.12. The number of carbonyl (C=O) groups is 2. The van der Waals surface area contributed by atoms with Crippen molar-refractivity contribution in [1.82, 2.24) is 15.0 Å². The maximum Gasteiger partial charge on any atom is 0.265 e. The van der Waals surface area contributed by atoms with Crippen LogP contribution in [0.5, 0.6) is 0 Å². The molecule has 0 fully saturated rings. The van der Waals surface area contributed by atoms with Crippen molar-refractivity contribution >= 4 is 39.6 Å². The first-order valence-corrected chi connectivity index (χ1v) is 8.42. The average molecular weight is 347 g/mol. The summed E-state index contributed by atoms with van der Waals surface area (Å²) in [6.45, 7) is 1.90. The van der Waals surface area contributed by atoms with E-state index in [1.165, 1.54) is 22.7 Å². The fraction of sp³-hybridized carbons (Fsp3) is 0.143. The summed E-state index contributed by atoms with van der Waals surface area (Å²) in [5, 5.41) is 7.85. The molecule has 0 unspecified atom stereocenters. The molecule has 3 heterocycles. The van der Waals surface area contributed by atoms with E-state index >= 15 is 0 Å². The lowest BCUT2D eigenvalue weighted by Crippen LogP contribution is -2.14. The van der Waals surface area contributed by atoms with Crippen molar-refractivity contribution in [2.75, 3.05) is 5.32 Å². The number of primary amides is 1. The molecule has 118 valence electrons. The van der Waals surface area contributed by atoms with Gasteiger partial charge in [0.2, 0.25) is 5.91 Å². The minimum absolute atomic E-state index is 0.164. The molecule has 0 saturated carbocycles. The summed E-state index contributed by atoms with van der Waals surface area (Å²) in [7, 11) is 0. The molecular weight excluding hydrogens is 334 g/mol. The number of hydrogen-bond acceptors (Lipinski definition) is 6. The van der Waals surface area contributed by atoms with Gasteiger partial charge in [0.05, 0.1) is 22.8 Å². The molecule has 2 amide bonds. The molecule has 7 nitrogen and oxygen atoms in total. The summed E-state index contributed by atoms with van der Waals surface area (Å²) < 4.78 is 0. The van der Waals surface area contributed by atoms with E-state index in [0.29, 0.717) is 16.5 Å². The van der Waals surface area contributed by atoms with Crippen molar-refractivity contribution in [3.63, 3.8) is 0 Å². The van der Waals surface area contributed by atoms with Gasteiger partial charge in [-0.05, 0) is 13.0 Å². The molecule has 0 radical (unpaired) electrons. The summed E-state index contributed by atoms with van der Waals surface area (Å²) in [5.41, 5.74) is 7.67. The van der Waals surface area contributed by atoms with E-state index in [1.54, 1.807) is 17.6 Å². The molecule has 0 bridgehead atoms. The molecule has 3 aromatic heterocycles. The second-order valence-corrected chi connectivity index (χ2v) is 6.71. The van der Waals surface area contributed by atoms with E-state index in [-0.39, 0.29) is 12.3 Å². The standard InChI is InChI=1S/C14H13N5O2S2/c1-7-17-9(5-22-7)3-12(20)19-14-18-11(6-23-14)8-2-10(13(15)21)16-4-8/h2,4-6,16H,3H2,1H3,(H2,15,21)(H,18,19,20). The van der Waals surface area contributed by atoms with Gasteiger partial charge in [0.15, 0.2) is 5.13 Å². The monoisotopic (exact) mass is 347 g/mol. The Morgan fingerprint density at radius 2 is 2.13 bits per heavy atom. The molecule has 0 spiro atoms. The Hall–Kier alpha value is -2.52. The van der Waals surface area contributed by atoms with Crippen LogP contribution in [0.2, 0.25) is 0 Å². The van der Waals surface area contributed by atoms with Crippen LogP contribution in [0.3, 0.4) is 0 Å². The minimum Gasteiger partial charge on any atom is -0.364 e. The zero-order valence-electron chi connectivity index (χ0n) is 12.1. The van der Waals surface area contributed by atoms with Crippen molar-refractivity contribution in [2.24, 2.45) is 5.73 Å². The Morgan fingerprint density at radius 1 is 1.30 bits per heavy atom. The number of rotatable bonds is 5. The van der Waals surface area contributed by atoms with Crippen LogP contribution >= 0.6 is 22.7 Å². The third-order valence-corrected chi connectivity index (χ3v) is 4.58. The first kappa shape index (κ1) is 15.4. The number of anilines is 1. The van der Waals surface area contributed by atoms with E-state index in [9.17, 15) is 9.59 Å². The largest absolute Gasteiger partial charge is 0.364 e. The van der Waals surface area contributed by atoms with Gasteiger partial charge in [-0.25, -0.2) is 9.97 Å². The molecule has 0 saturated heterocycles. The summed E-state index contributed by atoms with van der Waals surface area (Å²) in [6, 6.07) is 1.63. The number of nitrogens with zero attached hydrogens (tertiary/aromatic N) is 2. The Morgan fingerprint density at radius 3 is 2.78 bits per heavy atom. The van der Waals surface area contributed by atoms with Gasteiger partial charge in [-0.3, -0.25) is 9.59 Å². The van der Waals surface area contributed by atoms with Crippen molar-refractivity contribution in [3.05, 3.63) is 39.4 Å². The molecule has 0 aliphatic heterocycles. The molecule has 0 atom stereocenters. The topological polar surface area (TPSA) is 114 Å². The summed E-state index contributed by atoms with van der Waals surface area (Å²) in [5.74, 6) is -0.693. The molecule has 9 heteroatoms. The maximum atomic E-state index is 12.0. The zero-order valence-corrected chi connectivity index (χ0v) is 13.8. The molecule has 23 heavy (non-hydrogen) atoms. The number of amides is 2. The maximum absolute atomic E-state index is 12.0. The van der Waals surface area contributed by atoms with Crippen LogP contribution < -0.4 is 11.1 Å².